The van der Waals surface area contributed by atoms with E-state index in [2.05, 4.69) is 9.97 Å². The summed E-state index contributed by atoms with van der Waals surface area (Å²) in [4.78, 5) is 8.81. The molecule has 0 aliphatic heterocycles. The lowest BCUT2D eigenvalue weighted by atomic mass is 10.1. The topological polar surface area (TPSA) is 50.9 Å². The third kappa shape index (κ3) is 2.56. The van der Waals surface area contributed by atoms with E-state index in [1.54, 1.807) is 6.20 Å². The Kier molecular flexibility index (Phi) is 3.48. The molecule has 3 aromatic rings. The molecule has 4 nitrogen and oxygen atoms in total. The van der Waals surface area contributed by atoms with Gasteiger partial charge in [-0.05, 0) is 24.3 Å². The van der Waals surface area contributed by atoms with Crippen molar-refractivity contribution in [1.82, 2.24) is 14.5 Å². The molecule has 2 aromatic heterocycles. The van der Waals surface area contributed by atoms with Gasteiger partial charge < -0.3 is 9.67 Å². The van der Waals surface area contributed by atoms with Gasteiger partial charge in [-0.2, -0.15) is 0 Å². The number of fused-ring (bicyclic) bond motifs is 1. The van der Waals surface area contributed by atoms with E-state index in [0.29, 0.717) is 12.8 Å². The molecule has 0 bridgehead atoms. The minimum Gasteiger partial charge on any atom is -0.392 e. The smallest absolute Gasteiger partial charge is 0.112 e. The van der Waals surface area contributed by atoms with Gasteiger partial charge >= 0.3 is 0 Å². The number of aromatic nitrogens is 3. The summed E-state index contributed by atoms with van der Waals surface area (Å²) < 4.78 is 2.04. The van der Waals surface area contributed by atoms with Crippen LogP contribution in [0.3, 0.4) is 0 Å². The monoisotopic (exact) mass is 267 g/mol. The molecular formula is C16H17N3O. The van der Waals surface area contributed by atoms with E-state index >= 15 is 0 Å². The van der Waals surface area contributed by atoms with Crippen LogP contribution in [0.4, 0.5) is 0 Å². The van der Waals surface area contributed by atoms with Crippen LogP contribution in [0.1, 0.15) is 11.5 Å². The predicted molar refractivity (Wildman–Crippen MR) is 78.4 cm³/mol. The molecule has 1 aromatic carbocycles. The van der Waals surface area contributed by atoms with E-state index in [9.17, 15) is 5.11 Å². The van der Waals surface area contributed by atoms with Crippen molar-refractivity contribution in [3.05, 3.63) is 60.2 Å². The molecule has 2 heterocycles. The van der Waals surface area contributed by atoms with E-state index in [4.69, 9.17) is 0 Å². The third-order valence-electron chi connectivity index (χ3n) is 3.47. The number of aliphatic hydroxyl groups excluding tert-OH is 1. The molecule has 0 amide bonds. The lowest BCUT2D eigenvalue weighted by Crippen LogP contribution is -2.17. The first-order chi connectivity index (χ1) is 9.74. The normalized spacial score (nSPS) is 12.7. The van der Waals surface area contributed by atoms with E-state index in [-0.39, 0.29) is 0 Å². The minimum absolute atomic E-state index is 0.472. The van der Waals surface area contributed by atoms with Crippen molar-refractivity contribution in [3.63, 3.8) is 0 Å². The molecule has 102 valence electrons. The van der Waals surface area contributed by atoms with E-state index in [1.807, 2.05) is 54.1 Å². The first kappa shape index (κ1) is 12.8. The Balaban J connectivity index is 1.77. The standard InChI is InChI=1S/C16H17N3O/c1-19-15-8-3-2-7-14(15)18-16(19)11-13(20)10-12-6-4-5-9-17-12/h2-9,13,20H,10-11H2,1H3. The average molecular weight is 267 g/mol. The second-order valence-electron chi connectivity index (χ2n) is 4.96. The molecule has 0 saturated carbocycles. The first-order valence-electron chi connectivity index (χ1n) is 6.72. The van der Waals surface area contributed by atoms with Crippen molar-refractivity contribution in [2.75, 3.05) is 0 Å². The van der Waals surface area contributed by atoms with Crippen molar-refractivity contribution in [2.24, 2.45) is 7.05 Å². The summed E-state index contributed by atoms with van der Waals surface area (Å²) in [5.41, 5.74) is 2.96. The maximum Gasteiger partial charge on any atom is 0.112 e. The maximum atomic E-state index is 10.2. The fraction of sp³-hybridized carbons (Fsp3) is 0.250. The fourth-order valence-electron chi connectivity index (χ4n) is 2.42. The first-order valence-corrected chi connectivity index (χ1v) is 6.72. The van der Waals surface area contributed by atoms with Gasteiger partial charge in [0, 0.05) is 31.8 Å². The van der Waals surface area contributed by atoms with Crippen LogP contribution in [0.15, 0.2) is 48.7 Å². The van der Waals surface area contributed by atoms with Crippen LogP contribution in [0.25, 0.3) is 11.0 Å². The second kappa shape index (κ2) is 5.43. The highest BCUT2D eigenvalue weighted by Gasteiger charge is 2.13. The largest absolute Gasteiger partial charge is 0.392 e. The Morgan fingerprint density at radius 2 is 1.90 bits per heavy atom. The van der Waals surface area contributed by atoms with Crippen LogP contribution in [-0.4, -0.2) is 25.7 Å². The lowest BCUT2D eigenvalue weighted by Gasteiger charge is -2.10. The Labute approximate surface area is 117 Å². The van der Waals surface area contributed by atoms with Gasteiger partial charge in [0.05, 0.1) is 17.1 Å². The van der Waals surface area contributed by atoms with Crippen LogP contribution in [-0.2, 0) is 19.9 Å². The van der Waals surface area contributed by atoms with Crippen LogP contribution in [0.2, 0.25) is 0 Å². The number of rotatable bonds is 4. The molecule has 0 fully saturated rings. The number of hydrogen-bond donors (Lipinski definition) is 1. The molecule has 1 atom stereocenters. The highest BCUT2D eigenvalue weighted by Crippen LogP contribution is 2.16. The Hall–Kier alpha value is -2.20. The number of benzene rings is 1. The number of para-hydroxylation sites is 2. The van der Waals surface area contributed by atoms with Crippen molar-refractivity contribution in [3.8, 4) is 0 Å². The van der Waals surface area contributed by atoms with Crippen molar-refractivity contribution in [1.29, 1.82) is 0 Å². The van der Waals surface area contributed by atoms with Crippen LogP contribution in [0.5, 0.6) is 0 Å². The fourth-order valence-corrected chi connectivity index (χ4v) is 2.42. The average Bonchev–Trinajstić information content (AvgIpc) is 2.77. The van der Waals surface area contributed by atoms with E-state index in [0.717, 1.165) is 22.6 Å². The zero-order chi connectivity index (χ0) is 13.9. The maximum absolute atomic E-state index is 10.2. The molecule has 4 heteroatoms. The zero-order valence-corrected chi connectivity index (χ0v) is 11.4. The minimum atomic E-state index is -0.472. The molecule has 3 rings (SSSR count). The summed E-state index contributed by atoms with van der Waals surface area (Å²) in [6.07, 6.45) is 2.35. The Bertz CT molecular complexity index is 706. The number of nitrogens with zero attached hydrogens (tertiary/aromatic N) is 3. The number of aryl methyl sites for hydroxylation is 1. The Morgan fingerprint density at radius 3 is 2.65 bits per heavy atom. The highest BCUT2D eigenvalue weighted by atomic mass is 16.3. The predicted octanol–water partition coefficient (Wildman–Crippen LogP) is 2.11. The van der Waals surface area contributed by atoms with Gasteiger partial charge in [0.15, 0.2) is 0 Å². The van der Waals surface area contributed by atoms with Gasteiger partial charge in [-0.3, -0.25) is 4.98 Å². The van der Waals surface area contributed by atoms with Gasteiger partial charge in [0.25, 0.3) is 0 Å². The van der Waals surface area contributed by atoms with Gasteiger partial charge in [0.1, 0.15) is 5.82 Å². The summed E-state index contributed by atoms with van der Waals surface area (Å²) in [6, 6.07) is 13.7. The molecule has 0 spiro atoms. The Morgan fingerprint density at radius 1 is 1.10 bits per heavy atom. The molecule has 1 unspecified atom stereocenters. The summed E-state index contributed by atoms with van der Waals surface area (Å²) in [5, 5.41) is 10.2. The van der Waals surface area contributed by atoms with Crippen LogP contribution < -0.4 is 0 Å². The molecule has 0 radical (unpaired) electrons. The van der Waals surface area contributed by atoms with Crippen molar-refractivity contribution < 1.29 is 5.11 Å². The van der Waals surface area contributed by atoms with Crippen LogP contribution in [0, 0.1) is 0 Å². The summed E-state index contributed by atoms with van der Waals surface area (Å²) in [7, 11) is 1.98. The van der Waals surface area contributed by atoms with Gasteiger partial charge in [-0.15, -0.1) is 0 Å². The molecule has 0 aliphatic rings. The third-order valence-corrected chi connectivity index (χ3v) is 3.47. The zero-order valence-electron chi connectivity index (χ0n) is 11.4. The highest BCUT2D eigenvalue weighted by molar-refractivity contribution is 5.75. The van der Waals surface area contributed by atoms with E-state index in [1.165, 1.54) is 0 Å². The van der Waals surface area contributed by atoms with Crippen molar-refractivity contribution >= 4 is 11.0 Å². The summed E-state index contributed by atoms with van der Waals surface area (Å²) in [6.45, 7) is 0. The number of pyridine rings is 1. The van der Waals surface area contributed by atoms with Crippen LogP contribution >= 0.6 is 0 Å². The van der Waals surface area contributed by atoms with Gasteiger partial charge in [0.2, 0.25) is 0 Å². The number of imidazole rings is 1. The summed E-state index contributed by atoms with van der Waals surface area (Å²) in [5.74, 6) is 0.898. The summed E-state index contributed by atoms with van der Waals surface area (Å²) >= 11 is 0. The second-order valence-corrected chi connectivity index (χ2v) is 4.96. The molecule has 0 saturated heterocycles. The quantitative estimate of drug-likeness (QED) is 0.787. The van der Waals surface area contributed by atoms with Gasteiger partial charge in [-0.25, -0.2) is 4.98 Å². The molecule has 0 aliphatic carbocycles. The molecular weight excluding hydrogens is 250 g/mol. The van der Waals surface area contributed by atoms with Gasteiger partial charge in [-0.1, -0.05) is 18.2 Å². The molecule has 1 N–H and O–H groups in total. The van der Waals surface area contributed by atoms with Crippen molar-refractivity contribution in [2.45, 2.75) is 18.9 Å². The van der Waals surface area contributed by atoms with E-state index < -0.39 is 6.10 Å². The number of hydrogen-bond acceptors (Lipinski definition) is 3. The molecule has 20 heavy (non-hydrogen) atoms. The lowest BCUT2D eigenvalue weighted by molar-refractivity contribution is 0.171. The number of aliphatic hydroxyl groups is 1. The SMILES string of the molecule is Cn1c(CC(O)Cc2ccccn2)nc2ccccc21.